The smallest absolute Gasteiger partial charge is 0.0490 e. The van der Waals surface area contributed by atoms with Crippen molar-refractivity contribution < 1.29 is 0 Å². The molecule has 0 fully saturated rings. The van der Waals surface area contributed by atoms with Gasteiger partial charge in [0.25, 0.3) is 0 Å². The van der Waals surface area contributed by atoms with Crippen LogP contribution in [0.15, 0.2) is 152 Å². The Morgan fingerprint density at radius 3 is 1.52 bits per heavy atom. The molecule has 1 nitrogen and oxygen atoms in total. The van der Waals surface area contributed by atoms with E-state index in [-0.39, 0.29) is 5.41 Å². The van der Waals surface area contributed by atoms with Crippen molar-refractivity contribution in [3.05, 3.63) is 163 Å². The normalized spacial score (nSPS) is 12.2. The highest BCUT2D eigenvalue weighted by molar-refractivity contribution is 6.12. The van der Waals surface area contributed by atoms with Gasteiger partial charge in [0.15, 0.2) is 0 Å². The van der Waals surface area contributed by atoms with Crippen molar-refractivity contribution >= 4 is 49.4 Å². The molecule has 0 radical (unpaired) electrons. The van der Waals surface area contributed by atoms with Crippen molar-refractivity contribution in [2.45, 2.75) is 33.1 Å². The molecule has 1 heteroatoms. The highest BCUT2D eigenvalue weighted by Gasteiger charge is 2.24. The average Bonchev–Trinajstić information content (AvgIpc) is 3.10. The molecule has 0 amide bonds. The summed E-state index contributed by atoms with van der Waals surface area (Å²) in [4.78, 5) is 2.40. The molecule has 1 aliphatic carbocycles. The summed E-state index contributed by atoms with van der Waals surface area (Å²) in [6.45, 7) is 8.99. The fourth-order valence-electron chi connectivity index (χ4n) is 7.45. The van der Waals surface area contributed by atoms with Crippen LogP contribution in [0.4, 0.5) is 17.1 Å². The summed E-state index contributed by atoms with van der Waals surface area (Å²) < 4.78 is 0. The summed E-state index contributed by atoms with van der Waals surface area (Å²) in [5, 5.41) is 7.58. The van der Waals surface area contributed by atoms with E-state index in [1.54, 1.807) is 0 Å². The third-order valence-electron chi connectivity index (χ3n) is 10.2. The largest absolute Gasteiger partial charge is 0.310 e. The van der Waals surface area contributed by atoms with E-state index in [4.69, 9.17) is 0 Å². The highest BCUT2D eigenvalue weighted by Crippen LogP contribution is 2.51. The summed E-state index contributed by atoms with van der Waals surface area (Å²) >= 11 is 0. The van der Waals surface area contributed by atoms with E-state index in [0.29, 0.717) is 0 Å². The van der Waals surface area contributed by atoms with Gasteiger partial charge in [-0.05, 0) is 150 Å². The summed E-state index contributed by atoms with van der Waals surface area (Å²) in [7, 11) is 0. The first-order valence-electron chi connectivity index (χ1n) is 16.9. The van der Waals surface area contributed by atoms with Crippen LogP contribution in [0.2, 0.25) is 0 Å². The van der Waals surface area contributed by atoms with Gasteiger partial charge >= 0.3 is 0 Å². The van der Waals surface area contributed by atoms with E-state index in [2.05, 4.69) is 184 Å². The van der Waals surface area contributed by atoms with Crippen LogP contribution in [-0.2, 0) is 5.41 Å². The Bertz CT molecular complexity index is 2550. The lowest BCUT2D eigenvalue weighted by Gasteiger charge is -2.29. The molecule has 1 aliphatic rings. The predicted molar refractivity (Wildman–Crippen MR) is 207 cm³/mol. The lowest BCUT2D eigenvalue weighted by Crippen LogP contribution is -2.11. The molecule has 230 valence electrons. The van der Waals surface area contributed by atoms with Crippen LogP contribution in [0.5, 0.6) is 0 Å². The fraction of sp³-hybridized carbons (Fsp3) is 0.106. The van der Waals surface area contributed by atoms with E-state index in [1.165, 1.54) is 82.5 Å². The van der Waals surface area contributed by atoms with Crippen LogP contribution in [-0.4, -0.2) is 0 Å². The van der Waals surface area contributed by atoms with Crippen molar-refractivity contribution in [2.24, 2.45) is 0 Å². The van der Waals surface area contributed by atoms with Crippen molar-refractivity contribution in [1.29, 1.82) is 0 Å². The van der Waals surface area contributed by atoms with Gasteiger partial charge in [-0.3, -0.25) is 0 Å². The third kappa shape index (κ3) is 4.69. The minimum atomic E-state index is 0.154. The molecule has 0 saturated heterocycles. The SMILES string of the molecule is Cc1ccccc1N(c1ccc2ccccc2c1)c1ccc2cc3c(cc2c1)-c1cc2ccc(-c4ccc(C(C)(C)C)cc4)cc2cc1-3. The average molecular weight is 616 g/mol. The molecule has 8 aromatic rings. The summed E-state index contributed by atoms with van der Waals surface area (Å²) in [6, 6.07) is 56.4. The highest BCUT2D eigenvalue weighted by atomic mass is 15.1. The molecule has 48 heavy (non-hydrogen) atoms. The number of hydrogen-bond acceptors (Lipinski definition) is 1. The molecule has 0 N–H and O–H groups in total. The first-order chi connectivity index (χ1) is 23.3. The Balaban J connectivity index is 1.11. The van der Waals surface area contributed by atoms with Crippen LogP contribution in [0, 0.1) is 6.92 Å². The molecule has 0 spiro atoms. The number of anilines is 3. The van der Waals surface area contributed by atoms with Gasteiger partial charge in [-0.25, -0.2) is 0 Å². The zero-order chi connectivity index (χ0) is 32.6. The quantitative estimate of drug-likeness (QED) is 0.190. The molecule has 9 rings (SSSR count). The monoisotopic (exact) mass is 615 g/mol. The number of rotatable bonds is 4. The maximum Gasteiger partial charge on any atom is 0.0490 e. The number of aryl methyl sites for hydroxylation is 1. The maximum atomic E-state index is 2.40. The van der Waals surface area contributed by atoms with E-state index in [0.717, 1.165) is 11.4 Å². The summed E-state index contributed by atoms with van der Waals surface area (Å²) in [5.74, 6) is 0. The van der Waals surface area contributed by atoms with Crippen molar-refractivity contribution in [1.82, 2.24) is 0 Å². The fourth-order valence-corrected chi connectivity index (χ4v) is 7.45. The number of hydrogen-bond donors (Lipinski definition) is 0. The second-order valence-electron chi connectivity index (χ2n) is 14.4. The maximum absolute atomic E-state index is 2.40. The molecule has 0 unspecified atom stereocenters. The van der Waals surface area contributed by atoms with Gasteiger partial charge in [-0.2, -0.15) is 0 Å². The van der Waals surface area contributed by atoms with Crippen molar-refractivity contribution in [2.75, 3.05) is 4.90 Å². The van der Waals surface area contributed by atoms with Crippen LogP contribution < -0.4 is 4.90 Å². The second-order valence-corrected chi connectivity index (χ2v) is 14.4. The summed E-state index contributed by atoms with van der Waals surface area (Å²) in [6.07, 6.45) is 0. The van der Waals surface area contributed by atoms with Crippen LogP contribution in [0.1, 0.15) is 31.9 Å². The van der Waals surface area contributed by atoms with Crippen LogP contribution in [0.3, 0.4) is 0 Å². The van der Waals surface area contributed by atoms with Crippen molar-refractivity contribution in [3.8, 4) is 33.4 Å². The molecular formula is C47H37N. The van der Waals surface area contributed by atoms with Crippen molar-refractivity contribution in [3.63, 3.8) is 0 Å². The number of fused-ring (bicyclic) bond motifs is 7. The molecule has 0 heterocycles. The minimum absolute atomic E-state index is 0.154. The van der Waals surface area contributed by atoms with Gasteiger partial charge in [0.2, 0.25) is 0 Å². The molecular weight excluding hydrogens is 579 g/mol. The lowest BCUT2D eigenvalue weighted by molar-refractivity contribution is 0.590. The minimum Gasteiger partial charge on any atom is -0.310 e. The first kappa shape index (κ1) is 28.6. The molecule has 0 saturated carbocycles. The zero-order valence-corrected chi connectivity index (χ0v) is 27.9. The van der Waals surface area contributed by atoms with Gasteiger partial charge in [0.1, 0.15) is 0 Å². The van der Waals surface area contributed by atoms with Gasteiger partial charge in [-0.1, -0.05) is 112 Å². The number of para-hydroxylation sites is 1. The van der Waals surface area contributed by atoms with Gasteiger partial charge in [0, 0.05) is 17.1 Å². The Labute approximate surface area is 282 Å². The molecule has 0 bridgehead atoms. The Hall–Kier alpha value is -5.66. The van der Waals surface area contributed by atoms with Crippen LogP contribution in [0.25, 0.3) is 65.7 Å². The molecule has 0 aromatic heterocycles. The van der Waals surface area contributed by atoms with Gasteiger partial charge in [0.05, 0.1) is 0 Å². The molecule has 0 aliphatic heterocycles. The van der Waals surface area contributed by atoms with Gasteiger partial charge in [-0.15, -0.1) is 0 Å². The number of benzene rings is 8. The Kier molecular flexibility index (Phi) is 6.36. The molecule has 0 atom stereocenters. The van der Waals surface area contributed by atoms with Crippen LogP contribution >= 0.6 is 0 Å². The topological polar surface area (TPSA) is 3.24 Å². The standard InChI is InChI=1S/C47H37N/c1-30-9-5-8-12-46(30)48(40-21-17-31-10-6-7-11-33(31)24-40)41-22-18-36-27-43-44-28-37-23-34(32-15-19-39(20-16-32)47(2,3)4)13-14-35(37)26-42(44)45(43)29-38(36)25-41/h5-29H,1-4H3. The second kappa shape index (κ2) is 10.7. The Morgan fingerprint density at radius 2 is 0.875 bits per heavy atom. The lowest BCUT2D eigenvalue weighted by atomic mass is 9.77. The van der Waals surface area contributed by atoms with E-state index in [9.17, 15) is 0 Å². The summed E-state index contributed by atoms with van der Waals surface area (Å²) in [5.41, 5.74) is 14.2. The van der Waals surface area contributed by atoms with Gasteiger partial charge < -0.3 is 4.90 Å². The third-order valence-corrected chi connectivity index (χ3v) is 10.2. The van der Waals surface area contributed by atoms with E-state index < -0.39 is 0 Å². The first-order valence-corrected chi connectivity index (χ1v) is 16.9. The predicted octanol–water partition coefficient (Wildman–Crippen LogP) is 13.5. The Morgan fingerprint density at radius 1 is 0.396 bits per heavy atom. The number of nitrogens with zero attached hydrogens (tertiary/aromatic N) is 1. The van der Waals surface area contributed by atoms with E-state index >= 15 is 0 Å². The zero-order valence-electron chi connectivity index (χ0n) is 27.9. The van der Waals surface area contributed by atoms with E-state index in [1.807, 2.05) is 0 Å². The molecule has 8 aromatic carbocycles.